The third-order valence-corrected chi connectivity index (χ3v) is 8.82. The number of carboxylic acid groups (broad SMARTS) is 2. The molecule has 5 atom stereocenters. The summed E-state index contributed by atoms with van der Waals surface area (Å²) in [5.74, 6) is -2.46. The van der Waals surface area contributed by atoms with E-state index in [0.29, 0.717) is 77.7 Å². The lowest BCUT2D eigenvalue weighted by Crippen LogP contribution is -2.36. The van der Waals surface area contributed by atoms with Gasteiger partial charge in [0, 0.05) is 44.6 Å². The van der Waals surface area contributed by atoms with Gasteiger partial charge in [0.15, 0.2) is 0 Å². The molecule has 0 rings (SSSR count). The average molecular weight is 727 g/mol. The van der Waals surface area contributed by atoms with Gasteiger partial charge in [-0.15, -0.1) is 0 Å². The minimum absolute atomic E-state index is 0.0139. The van der Waals surface area contributed by atoms with Crippen molar-refractivity contribution in [2.75, 3.05) is 39.4 Å². The van der Waals surface area contributed by atoms with Gasteiger partial charge in [0.05, 0.1) is 25.0 Å². The Hall–Kier alpha value is -3.70. The van der Waals surface area contributed by atoms with E-state index in [-0.39, 0.29) is 53.8 Å². The standard InChI is InChI=1S/C20H37NO5.C12H20O4.C7H13NO/c1-6-16(19(23)21(8-3)9-4)10-11-18(22)26-13-12-15(5)14-17(7-2)20(24)25;1-4-10(12(14)15)8-9(3)6-7-16-11(13)5-2;1-4-7(9)8(5-2)6-3/h15-17H,6-14H2,1-5H3,(H,24,25);5,9-10H,2,4,6-8H2,1,3H3,(H,14,15);4H,1,5-6H2,2-3H3. The van der Waals surface area contributed by atoms with Gasteiger partial charge < -0.3 is 29.5 Å². The monoisotopic (exact) mass is 727 g/mol. The first-order chi connectivity index (χ1) is 24.1. The van der Waals surface area contributed by atoms with Crippen LogP contribution in [0.2, 0.25) is 0 Å². The first-order valence-corrected chi connectivity index (χ1v) is 18.7. The molecule has 0 fully saturated rings. The van der Waals surface area contributed by atoms with Gasteiger partial charge in [0.25, 0.3) is 0 Å². The van der Waals surface area contributed by atoms with E-state index in [1.165, 1.54) is 6.08 Å². The Morgan fingerprint density at radius 2 is 1.02 bits per heavy atom. The lowest BCUT2D eigenvalue weighted by Gasteiger charge is -2.24. The van der Waals surface area contributed by atoms with Gasteiger partial charge >= 0.3 is 23.9 Å². The molecular formula is C39H70N2O10. The van der Waals surface area contributed by atoms with Crippen LogP contribution in [0.25, 0.3) is 0 Å². The second-order valence-electron chi connectivity index (χ2n) is 12.6. The first kappa shape index (κ1) is 51.7. The predicted octanol–water partition coefficient (Wildman–Crippen LogP) is 7.02. The van der Waals surface area contributed by atoms with Gasteiger partial charge in [-0.05, 0) is 97.0 Å². The molecule has 0 aliphatic carbocycles. The number of ether oxygens (including phenoxy) is 2. The number of amides is 2. The number of likely N-dealkylation sites (N-methyl/N-ethyl adjacent to an activating group) is 1. The van der Waals surface area contributed by atoms with E-state index in [2.05, 4.69) is 13.2 Å². The van der Waals surface area contributed by atoms with E-state index < -0.39 is 17.9 Å². The largest absolute Gasteiger partial charge is 0.481 e. The van der Waals surface area contributed by atoms with Crippen molar-refractivity contribution in [3.05, 3.63) is 25.3 Å². The number of nitrogens with zero attached hydrogens (tertiary/aromatic N) is 2. The summed E-state index contributed by atoms with van der Waals surface area (Å²) in [5.41, 5.74) is 0. The number of esters is 2. The highest BCUT2D eigenvalue weighted by Gasteiger charge is 2.23. The maximum absolute atomic E-state index is 12.4. The highest BCUT2D eigenvalue weighted by molar-refractivity contribution is 5.86. The summed E-state index contributed by atoms with van der Waals surface area (Å²) in [6.07, 6.45) is 7.73. The van der Waals surface area contributed by atoms with Gasteiger partial charge in [-0.3, -0.25) is 24.0 Å². The number of carboxylic acids is 2. The Labute approximate surface area is 308 Å². The third kappa shape index (κ3) is 25.8. The summed E-state index contributed by atoms with van der Waals surface area (Å²) in [6.45, 7) is 27.7. The Morgan fingerprint density at radius 1 is 0.608 bits per heavy atom. The summed E-state index contributed by atoms with van der Waals surface area (Å²) in [7, 11) is 0. The van der Waals surface area contributed by atoms with Crippen LogP contribution in [0, 0.1) is 29.6 Å². The highest BCUT2D eigenvalue weighted by Crippen LogP contribution is 2.20. The van der Waals surface area contributed by atoms with Crippen LogP contribution in [-0.2, 0) is 38.2 Å². The second-order valence-corrected chi connectivity index (χ2v) is 12.6. The fourth-order valence-electron chi connectivity index (χ4n) is 5.21. The molecule has 0 aliphatic heterocycles. The van der Waals surface area contributed by atoms with Gasteiger partial charge in [-0.2, -0.15) is 0 Å². The van der Waals surface area contributed by atoms with Gasteiger partial charge in [0.1, 0.15) is 0 Å². The van der Waals surface area contributed by atoms with E-state index in [1.807, 2.05) is 62.3 Å². The first-order valence-electron chi connectivity index (χ1n) is 18.7. The van der Waals surface area contributed by atoms with E-state index in [1.54, 1.807) is 9.80 Å². The zero-order valence-corrected chi connectivity index (χ0v) is 33.1. The molecule has 51 heavy (non-hydrogen) atoms. The molecule has 0 spiro atoms. The number of hydrogen-bond donors (Lipinski definition) is 2. The Kier molecular flexibility index (Phi) is 32.6. The molecule has 2 amide bonds. The molecule has 0 saturated heterocycles. The third-order valence-electron chi connectivity index (χ3n) is 8.82. The minimum atomic E-state index is -0.764. The molecule has 0 bridgehead atoms. The van der Waals surface area contributed by atoms with Crippen molar-refractivity contribution < 1.29 is 48.5 Å². The highest BCUT2D eigenvalue weighted by atomic mass is 16.5. The normalized spacial score (nSPS) is 13.2. The Bertz CT molecular complexity index is 1020. The summed E-state index contributed by atoms with van der Waals surface area (Å²) in [4.78, 5) is 71.2. The predicted molar refractivity (Wildman–Crippen MR) is 201 cm³/mol. The van der Waals surface area contributed by atoms with Crippen molar-refractivity contribution in [1.29, 1.82) is 0 Å². The van der Waals surface area contributed by atoms with Crippen LogP contribution in [0.3, 0.4) is 0 Å². The smallest absolute Gasteiger partial charge is 0.330 e. The molecule has 0 aromatic heterocycles. The van der Waals surface area contributed by atoms with Crippen molar-refractivity contribution in [2.45, 2.75) is 120 Å². The van der Waals surface area contributed by atoms with Crippen LogP contribution in [0.5, 0.6) is 0 Å². The lowest BCUT2D eigenvalue weighted by molar-refractivity contribution is -0.146. The van der Waals surface area contributed by atoms with Crippen LogP contribution in [0.4, 0.5) is 0 Å². The molecule has 0 radical (unpaired) electrons. The Morgan fingerprint density at radius 3 is 1.33 bits per heavy atom. The molecule has 0 saturated carbocycles. The molecule has 5 unspecified atom stereocenters. The van der Waals surface area contributed by atoms with Gasteiger partial charge in [-0.1, -0.05) is 47.8 Å². The summed E-state index contributed by atoms with van der Waals surface area (Å²) < 4.78 is 10.1. The SMILES string of the molecule is C=CC(=O)N(CC)CC.C=CC(=O)OCCC(C)CC(CC)C(=O)O.CCC(CC(C)CCOC(=O)CCC(CC)C(=O)N(CC)CC)C(=O)O. The maximum atomic E-state index is 12.4. The summed E-state index contributed by atoms with van der Waals surface area (Å²) in [6, 6.07) is 0. The zero-order valence-electron chi connectivity index (χ0n) is 33.1. The number of rotatable bonds is 25. The molecule has 296 valence electrons. The van der Waals surface area contributed by atoms with Crippen LogP contribution in [0.15, 0.2) is 25.3 Å². The molecular weight excluding hydrogens is 656 g/mol. The maximum Gasteiger partial charge on any atom is 0.330 e. The van der Waals surface area contributed by atoms with Crippen LogP contribution < -0.4 is 0 Å². The average Bonchev–Trinajstić information content (AvgIpc) is 3.10. The minimum Gasteiger partial charge on any atom is -0.481 e. The molecule has 12 heteroatoms. The second kappa shape index (κ2) is 32.2. The van der Waals surface area contributed by atoms with E-state index in [9.17, 15) is 28.8 Å². The molecule has 0 aliphatic rings. The number of carbonyl (C=O) groups excluding carboxylic acids is 4. The van der Waals surface area contributed by atoms with Gasteiger partial charge in [-0.25, -0.2) is 4.79 Å². The van der Waals surface area contributed by atoms with E-state index in [4.69, 9.17) is 19.7 Å². The number of hydrogen-bond acceptors (Lipinski definition) is 8. The summed E-state index contributed by atoms with van der Waals surface area (Å²) in [5, 5.41) is 18.0. The number of aliphatic carboxylic acids is 2. The lowest BCUT2D eigenvalue weighted by atomic mass is 9.92. The molecule has 2 N–H and O–H groups in total. The molecule has 12 nitrogen and oxygen atoms in total. The zero-order chi connectivity index (χ0) is 39.9. The summed E-state index contributed by atoms with van der Waals surface area (Å²) >= 11 is 0. The van der Waals surface area contributed by atoms with Crippen molar-refractivity contribution in [2.24, 2.45) is 29.6 Å². The molecule has 0 aromatic carbocycles. The van der Waals surface area contributed by atoms with Crippen molar-refractivity contribution in [3.63, 3.8) is 0 Å². The molecule has 0 aromatic rings. The Balaban J connectivity index is -0.000000777. The van der Waals surface area contributed by atoms with Crippen LogP contribution >= 0.6 is 0 Å². The number of carbonyl (C=O) groups is 6. The quantitative estimate of drug-likeness (QED) is 0.0737. The molecule has 0 heterocycles. The van der Waals surface area contributed by atoms with Crippen LogP contribution in [0.1, 0.15) is 120 Å². The van der Waals surface area contributed by atoms with Crippen LogP contribution in [-0.4, -0.2) is 95.1 Å². The van der Waals surface area contributed by atoms with Gasteiger partial charge in [0.2, 0.25) is 11.8 Å². The topological polar surface area (TPSA) is 168 Å². The van der Waals surface area contributed by atoms with Crippen molar-refractivity contribution >= 4 is 35.7 Å². The van der Waals surface area contributed by atoms with Crippen molar-refractivity contribution in [3.8, 4) is 0 Å². The fourth-order valence-corrected chi connectivity index (χ4v) is 5.21. The fraction of sp³-hybridized carbons (Fsp3) is 0.744. The van der Waals surface area contributed by atoms with E-state index >= 15 is 0 Å². The van der Waals surface area contributed by atoms with E-state index in [0.717, 1.165) is 19.2 Å². The van der Waals surface area contributed by atoms with Crippen molar-refractivity contribution in [1.82, 2.24) is 9.80 Å².